The van der Waals surface area contributed by atoms with Gasteiger partial charge in [0.05, 0.1) is 17.9 Å². The Bertz CT molecular complexity index is 996. The van der Waals surface area contributed by atoms with Gasteiger partial charge in [-0.05, 0) is 36.8 Å². The zero-order valence-corrected chi connectivity index (χ0v) is 17.7. The molecule has 0 spiro atoms. The third kappa shape index (κ3) is 6.12. The summed E-state index contributed by atoms with van der Waals surface area (Å²) in [7, 11) is -3.76. The van der Waals surface area contributed by atoms with Gasteiger partial charge in [-0.2, -0.15) is 0 Å². The minimum atomic E-state index is -3.76. The molecule has 0 bridgehead atoms. The third-order valence-electron chi connectivity index (χ3n) is 5.03. The molecule has 8 nitrogen and oxygen atoms in total. The standard InChI is InChI=1S/C21H26N4O4S/c1-16-2-4-17(5-3-16)14-21(27)25-12-10-24(11-13-25)15-20(26)23-18-6-8-19(9-7-18)30(22,28)29/h2-9H,10-15H2,1H3,(H,23,26)(H2,22,28,29). The minimum Gasteiger partial charge on any atom is -0.340 e. The highest BCUT2D eigenvalue weighted by Crippen LogP contribution is 2.13. The molecule has 2 aromatic carbocycles. The molecule has 3 N–H and O–H groups in total. The maximum Gasteiger partial charge on any atom is 0.238 e. The number of anilines is 1. The Hall–Kier alpha value is -2.75. The second-order valence-corrected chi connectivity index (χ2v) is 9.00. The number of aryl methyl sites for hydroxylation is 1. The molecule has 2 amide bonds. The number of benzene rings is 2. The van der Waals surface area contributed by atoms with Crippen molar-refractivity contribution in [1.82, 2.24) is 9.80 Å². The average Bonchev–Trinajstić information content (AvgIpc) is 2.70. The predicted octanol–water partition coefficient (Wildman–Crippen LogP) is 0.968. The summed E-state index contributed by atoms with van der Waals surface area (Å²) in [5, 5.41) is 7.81. The van der Waals surface area contributed by atoms with E-state index < -0.39 is 10.0 Å². The zero-order valence-electron chi connectivity index (χ0n) is 16.9. The van der Waals surface area contributed by atoms with Crippen molar-refractivity contribution >= 4 is 27.5 Å². The normalized spacial score (nSPS) is 15.1. The number of primary sulfonamides is 1. The number of amides is 2. The molecule has 160 valence electrons. The SMILES string of the molecule is Cc1ccc(CC(=O)N2CCN(CC(=O)Nc3ccc(S(N)(=O)=O)cc3)CC2)cc1. The van der Waals surface area contributed by atoms with Crippen LogP contribution in [0.25, 0.3) is 0 Å². The van der Waals surface area contributed by atoms with Gasteiger partial charge in [-0.3, -0.25) is 14.5 Å². The molecule has 0 aliphatic carbocycles. The summed E-state index contributed by atoms with van der Waals surface area (Å²) in [5.41, 5.74) is 2.67. The summed E-state index contributed by atoms with van der Waals surface area (Å²) in [6.07, 6.45) is 0.384. The van der Waals surface area contributed by atoms with Crippen molar-refractivity contribution in [2.75, 3.05) is 38.0 Å². The van der Waals surface area contributed by atoms with Crippen LogP contribution in [0.2, 0.25) is 0 Å². The topological polar surface area (TPSA) is 113 Å². The largest absolute Gasteiger partial charge is 0.340 e. The first-order valence-electron chi connectivity index (χ1n) is 9.69. The lowest BCUT2D eigenvalue weighted by Crippen LogP contribution is -2.50. The van der Waals surface area contributed by atoms with E-state index in [-0.39, 0.29) is 23.3 Å². The van der Waals surface area contributed by atoms with Crippen LogP contribution < -0.4 is 10.5 Å². The van der Waals surface area contributed by atoms with E-state index in [0.717, 1.165) is 5.56 Å². The molecule has 1 aliphatic heterocycles. The van der Waals surface area contributed by atoms with E-state index in [9.17, 15) is 18.0 Å². The molecule has 1 fully saturated rings. The second kappa shape index (κ2) is 9.38. The summed E-state index contributed by atoms with van der Waals surface area (Å²) in [6.45, 7) is 4.63. The quantitative estimate of drug-likeness (QED) is 0.709. The van der Waals surface area contributed by atoms with E-state index in [1.54, 1.807) is 0 Å². The van der Waals surface area contributed by atoms with Crippen molar-refractivity contribution in [3.05, 3.63) is 59.7 Å². The Morgan fingerprint density at radius 3 is 2.13 bits per heavy atom. The molecule has 3 rings (SSSR count). The van der Waals surface area contributed by atoms with E-state index in [1.807, 2.05) is 41.0 Å². The van der Waals surface area contributed by atoms with Gasteiger partial charge in [0.25, 0.3) is 0 Å². The molecule has 1 saturated heterocycles. The van der Waals surface area contributed by atoms with Crippen LogP contribution >= 0.6 is 0 Å². The molecular weight excluding hydrogens is 404 g/mol. The van der Waals surface area contributed by atoms with Crippen LogP contribution in [0.1, 0.15) is 11.1 Å². The smallest absolute Gasteiger partial charge is 0.238 e. The predicted molar refractivity (Wildman–Crippen MR) is 114 cm³/mol. The number of nitrogens with zero attached hydrogens (tertiary/aromatic N) is 2. The number of sulfonamides is 1. The fraction of sp³-hybridized carbons (Fsp3) is 0.333. The molecule has 0 atom stereocenters. The van der Waals surface area contributed by atoms with Gasteiger partial charge >= 0.3 is 0 Å². The number of nitrogens with two attached hydrogens (primary N) is 1. The van der Waals surface area contributed by atoms with Crippen LogP contribution in [0.15, 0.2) is 53.4 Å². The van der Waals surface area contributed by atoms with Gasteiger partial charge in [0, 0.05) is 31.9 Å². The fourth-order valence-corrected chi connectivity index (χ4v) is 3.79. The molecule has 1 heterocycles. The maximum absolute atomic E-state index is 12.5. The molecule has 1 aliphatic rings. The maximum atomic E-state index is 12.5. The van der Waals surface area contributed by atoms with Crippen LogP contribution in [0.3, 0.4) is 0 Å². The molecule has 0 aromatic heterocycles. The van der Waals surface area contributed by atoms with E-state index >= 15 is 0 Å². The molecule has 30 heavy (non-hydrogen) atoms. The molecule has 0 saturated carbocycles. The highest BCUT2D eigenvalue weighted by Gasteiger charge is 2.22. The van der Waals surface area contributed by atoms with Gasteiger partial charge < -0.3 is 10.2 Å². The van der Waals surface area contributed by atoms with Gasteiger partial charge in [0.1, 0.15) is 0 Å². The van der Waals surface area contributed by atoms with Crippen molar-refractivity contribution in [3.63, 3.8) is 0 Å². The average molecular weight is 431 g/mol. The first-order chi connectivity index (χ1) is 14.2. The zero-order chi connectivity index (χ0) is 21.7. The molecule has 0 unspecified atom stereocenters. The van der Waals surface area contributed by atoms with Gasteiger partial charge in [0.2, 0.25) is 21.8 Å². The van der Waals surface area contributed by atoms with E-state index in [1.165, 1.54) is 29.8 Å². The summed E-state index contributed by atoms with van der Waals surface area (Å²) in [6, 6.07) is 13.7. The monoisotopic (exact) mass is 430 g/mol. The molecular formula is C21H26N4O4S. The first-order valence-corrected chi connectivity index (χ1v) is 11.2. The molecule has 2 aromatic rings. The van der Waals surface area contributed by atoms with Crippen LogP contribution in [-0.4, -0.2) is 62.8 Å². The summed E-state index contributed by atoms with van der Waals surface area (Å²) in [4.78, 5) is 28.6. The van der Waals surface area contributed by atoms with E-state index in [4.69, 9.17) is 5.14 Å². The Kier molecular flexibility index (Phi) is 6.86. The first kappa shape index (κ1) is 21.9. The highest BCUT2D eigenvalue weighted by atomic mass is 32.2. The fourth-order valence-electron chi connectivity index (χ4n) is 3.28. The van der Waals surface area contributed by atoms with Crippen molar-refractivity contribution in [3.8, 4) is 0 Å². The van der Waals surface area contributed by atoms with Crippen molar-refractivity contribution in [1.29, 1.82) is 0 Å². The van der Waals surface area contributed by atoms with Crippen LogP contribution in [-0.2, 0) is 26.0 Å². The number of nitrogens with one attached hydrogen (secondary N) is 1. The molecule has 0 radical (unpaired) electrons. The third-order valence-corrected chi connectivity index (χ3v) is 5.96. The highest BCUT2D eigenvalue weighted by molar-refractivity contribution is 7.89. The van der Waals surface area contributed by atoms with Gasteiger partial charge in [-0.15, -0.1) is 0 Å². The number of hydrogen-bond donors (Lipinski definition) is 2. The number of hydrogen-bond acceptors (Lipinski definition) is 5. The Morgan fingerprint density at radius 1 is 0.967 bits per heavy atom. The number of piperazine rings is 1. The number of carbonyl (C=O) groups excluding carboxylic acids is 2. The lowest BCUT2D eigenvalue weighted by molar-refractivity contribution is -0.132. The number of carbonyl (C=O) groups is 2. The Labute approximate surface area is 176 Å². The summed E-state index contributed by atoms with van der Waals surface area (Å²) < 4.78 is 22.6. The minimum absolute atomic E-state index is 0.00748. The van der Waals surface area contributed by atoms with Crippen molar-refractivity contribution in [2.45, 2.75) is 18.2 Å². The van der Waals surface area contributed by atoms with Crippen molar-refractivity contribution in [2.24, 2.45) is 5.14 Å². The van der Waals surface area contributed by atoms with Crippen LogP contribution in [0, 0.1) is 6.92 Å². The van der Waals surface area contributed by atoms with Crippen LogP contribution in [0.4, 0.5) is 5.69 Å². The second-order valence-electron chi connectivity index (χ2n) is 7.44. The molecule has 9 heteroatoms. The Morgan fingerprint density at radius 2 is 1.57 bits per heavy atom. The summed E-state index contributed by atoms with van der Waals surface area (Å²) >= 11 is 0. The van der Waals surface area contributed by atoms with Gasteiger partial charge in [-0.25, -0.2) is 13.6 Å². The lowest BCUT2D eigenvalue weighted by atomic mass is 10.1. The Balaban J connectivity index is 1.44. The van der Waals surface area contributed by atoms with Crippen molar-refractivity contribution < 1.29 is 18.0 Å². The van der Waals surface area contributed by atoms with Gasteiger partial charge in [0.15, 0.2) is 0 Å². The lowest BCUT2D eigenvalue weighted by Gasteiger charge is -2.34. The van der Waals surface area contributed by atoms with E-state index in [2.05, 4.69) is 5.32 Å². The summed E-state index contributed by atoms with van der Waals surface area (Å²) in [5.74, 6) is -0.101. The van der Waals surface area contributed by atoms with E-state index in [0.29, 0.717) is 38.3 Å². The van der Waals surface area contributed by atoms with Gasteiger partial charge in [-0.1, -0.05) is 29.8 Å². The van der Waals surface area contributed by atoms with Crippen LogP contribution in [0.5, 0.6) is 0 Å². The number of rotatable bonds is 6.